The topological polar surface area (TPSA) is 190 Å². The van der Waals surface area contributed by atoms with Crippen LogP contribution in [0.2, 0.25) is 0 Å². The van der Waals surface area contributed by atoms with Gasteiger partial charge in [-0.3, -0.25) is 9.59 Å². The fourth-order valence-corrected chi connectivity index (χ4v) is 4.53. The first-order chi connectivity index (χ1) is 16.8. The highest BCUT2D eigenvalue weighted by atomic mass is 32.2. The van der Waals surface area contributed by atoms with Gasteiger partial charge in [0.05, 0.1) is 9.79 Å². The molecule has 0 aliphatic rings. The summed E-state index contributed by atoms with van der Waals surface area (Å²) in [5, 5.41) is 10.2. The number of aryl methyl sites for hydroxylation is 2. The molecule has 0 spiro atoms. The van der Waals surface area contributed by atoms with Gasteiger partial charge in [-0.2, -0.15) is 0 Å². The minimum absolute atomic E-state index is 0.0384. The number of hydrogen-bond donors (Lipinski definition) is 4. The lowest BCUT2D eigenvalue weighted by Crippen LogP contribution is -2.18. The SMILES string of the molecule is Cc1cc(C)nc(NS(=O)(=O)c2ccc(NC(=O)CCC(=O)Nc3ccc(S(N)(=O)=O)cc3)cc2)n1. The number of carbonyl (C=O) groups is 2. The normalized spacial score (nSPS) is 11.5. The van der Waals surface area contributed by atoms with Crippen molar-refractivity contribution in [2.45, 2.75) is 36.5 Å². The van der Waals surface area contributed by atoms with Crippen LogP contribution in [0.3, 0.4) is 0 Å². The molecule has 0 unspecified atom stereocenters. The average Bonchev–Trinajstić information content (AvgIpc) is 2.77. The first kappa shape index (κ1) is 26.7. The van der Waals surface area contributed by atoms with Crippen molar-refractivity contribution in [2.75, 3.05) is 15.4 Å². The number of carbonyl (C=O) groups excluding carboxylic acids is 2. The summed E-state index contributed by atoms with van der Waals surface area (Å²) in [5.74, 6) is -0.940. The lowest BCUT2D eigenvalue weighted by atomic mass is 10.2. The van der Waals surface area contributed by atoms with Gasteiger partial charge in [0.15, 0.2) is 0 Å². The summed E-state index contributed by atoms with van der Waals surface area (Å²) in [7, 11) is -7.77. The van der Waals surface area contributed by atoms with E-state index in [1.807, 2.05) is 0 Å². The maximum absolute atomic E-state index is 12.6. The second-order valence-corrected chi connectivity index (χ2v) is 11.0. The Labute approximate surface area is 208 Å². The molecule has 2 aromatic carbocycles. The smallest absolute Gasteiger partial charge is 0.264 e. The second kappa shape index (κ2) is 10.8. The maximum Gasteiger partial charge on any atom is 0.264 e. The molecule has 0 bridgehead atoms. The number of nitrogens with zero attached hydrogens (tertiary/aromatic N) is 2. The number of nitrogens with two attached hydrogens (primary N) is 1. The average molecular weight is 533 g/mol. The standard InChI is InChI=1S/C22H24N6O6S2/c1-14-13-15(2)25-22(24-14)28-36(33,34)19-9-5-17(6-10-19)27-21(30)12-11-20(29)26-16-3-7-18(8-4-16)35(23,31)32/h3-10,13H,11-12H2,1-2H3,(H,26,29)(H,27,30)(H2,23,31,32)(H,24,25,28). The molecule has 12 nitrogen and oxygen atoms in total. The van der Waals surface area contributed by atoms with Crippen molar-refractivity contribution < 1.29 is 26.4 Å². The van der Waals surface area contributed by atoms with Crippen LogP contribution in [0.4, 0.5) is 17.3 Å². The van der Waals surface area contributed by atoms with E-state index in [1.54, 1.807) is 19.9 Å². The molecule has 2 amide bonds. The molecule has 0 aliphatic heterocycles. The predicted octanol–water partition coefficient (Wildman–Crippen LogP) is 1.90. The van der Waals surface area contributed by atoms with Crippen molar-refractivity contribution in [1.82, 2.24) is 9.97 Å². The van der Waals surface area contributed by atoms with Gasteiger partial charge in [0.25, 0.3) is 10.0 Å². The molecule has 3 aromatic rings. The summed E-state index contributed by atoms with van der Waals surface area (Å²) in [6, 6.07) is 12.5. The highest BCUT2D eigenvalue weighted by molar-refractivity contribution is 7.92. The number of nitrogens with one attached hydrogen (secondary N) is 3. The van der Waals surface area contributed by atoms with Gasteiger partial charge < -0.3 is 10.6 Å². The van der Waals surface area contributed by atoms with Crippen molar-refractivity contribution in [3.63, 3.8) is 0 Å². The molecule has 0 atom stereocenters. The Morgan fingerprint density at radius 2 is 1.17 bits per heavy atom. The van der Waals surface area contributed by atoms with E-state index in [9.17, 15) is 26.4 Å². The molecule has 1 heterocycles. The van der Waals surface area contributed by atoms with E-state index >= 15 is 0 Å². The number of hydrogen-bond acceptors (Lipinski definition) is 8. The number of amides is 2. The first-order valence-electron chi connectivity index (χ1n) is 10.5. The molecule has 5 N–H and O–H groups in total. The molecular weight excluding hydrogens is 508 g/mol. The van der Waals surface area contributed by atoms with Crippen molar-refractivity contribution in [3.8, 4) is 0 Å². The van der Waals surface area contributed by atoms with Crippen LogP contribution >= 0.6 is 0 Å². The van der Waals surface area contributed by atoms with Gasteiger partial charge in [0.2, 0.25) is 27.8 Å². The number of sulfonamides is 2. The van der Waals surface area contributed by atoms with E-state index in [-0.39, 0.29) is 28.6 Å². The lowest BCUT2D eigenvalue weighted by Gasteiger charge is -2.10. The number of anilines is 3. The molecule has 190 valence electrons. The van der Waals surface area contributed by atoms with Crippen molar-refractivity contribution >= 4 is 49.2 Å². The zero-order valence-electron chi connectivity index (χ0n) is 19.3. The summed E-state index contributed by atoms with van der Waals surface area (Å²) in [6.07, 6.45) is -0.262. The third-order valence-corrected chi connectivity index (χ3v) is 6.98. The highest BCUT2D eigenvalue weighted by Gasteiger charge is 2.17. The molecule has 14 heteroatoms. The van der Waals surface area contributed by atoms with E-state index in [1.165, 1.54) is 48.5 Å². The third-order valence-electron chi connectivity index (χ3n) is 4.70. The number of benzene rings is 2. The monoisotopic (exact) mass is 532 g/mol. The van der Waals surface area contributed by atoms with E-state index in [0.29, 0.717) is 22.8 Å². The predicted molar refractivity (Wildman–Crippen MR) is 133 cm³/mol. The van der Waals surface area contributed by atoms with Crippen LogP contribution in [0.5, 0.6) is 0 Å². The Hall–Kier alpha value is -3.88. The van der Waals surface area contributed by atoms with Crippen LogP contribution in [-0.4, -0.2) is 38.6 Å². The molecule has 0 saturated carbocycles. The Kier molecular flexibility index (Phi) is 8.02. The molecular formula is C22H24N6O6S2. The fourth-order valence-electron chi connectivity index (χ4n) is 3.07. The summed E-state index contributed by atoms with van der Waals surface area (Å²) >= 11 is 0. The van der Waals surface area contributed by atoms with Crippen LogP contribution < -0.4 is 20.5 Å². The lowest BCUT2D eigenvalue weighted by molar-refractivity contribution is -0.121. The number of primary sulfonamides is 1. The van der Waals surface area contributed by atoms with Crippen LogP contribution in [0.15, 0.2) is 64.4 Å². The Balaban J connectivity index is 1.52. The van der Waals surface area contributed by atoms with Gasteiger partial charge in [-0.05, 0) is 68.4 Å². The van der Waals surface area contributed by atoms with Gasteiger partial charge >= 0.3 is 0 Å². The number of aromatic nitrogens is 2. The minimum Gasteiger partial charge on any atom is -0.326 e. The summed E-state index contributed by atoms with van der Waals surface area (Å²) in [4.78, 5) is 32.2. The highest BCUT2D eigenvalue weighted by Crippen LogP contribution is 2.18. The Morgan fingerprint density at radius 1 is 0.750 bits per heavy atom. The molecule has 0 fully saturated rings. The zero-order valence-corrected chi connectivity index (χ0v) is 21.0. The van der Waals surface area contributed by atoms with Crippen LogP contribution in [0, 0.1) is 13.8 Å². The molecule has 0 saturated heterocycles. The molecule has 1 aromatic heterocycles. The van der Waals surface area contributed by atoms with Crippen molar-refractivity contribution in [2.24, 2.45) is 5.14 Å². The van der Waals surface area contributed by atoms with E-state index < -0.39 is 31.9 Å². The van der Waals surface area contributed by atoms with Crippen molar-refractivity contribution in [1.29, 1.82) is 0 Å². The van der Waals surface area contributed by atoms with Crippen LogP contribution in [0.1, 0.15) is 24.2 Å². The zero-order chi connectivity index (χ0) is 26.5. The first-order valence-corrected chi connectivity index (χ1v) is 13.5. The Bertz CT molecular complexity index is 1470. The quantitative estimate of drug-likeness (QED) is 0.321. The minimum atomic E-state index is -3.94. The maximum atomic E-state index is 12.6. The molecule has 36 heavy (non-hydrogen) atoms. The summed E-state index contributed by atoms with van der Waals surface area (Å²) in [5.41, 5.74) is 1.93. The summed E-state index contributed by atoms with van der Waals surface area (Å²) in [6.45, 7) is 3.45. The molecule has 3 rings (SSSR count). The fraction of sp³-hybridized carbons (Fsp3) is 0.182. The number of rotatable bonds is 9. The molecule has 0 radical (unpaired) electrons. The van der Waals surface area contributed by atoms with Crippen LogP contribution in [0.25, 0.3) is 0 Å². The van der Waals surface area contributed by atoms with Crippen molar-refractivity contribution in [3.05, 3.63) is 66.0 Å². The van der Waals surface area contributed by atoms with E-state index in [0.717, 1.165) is 0 Å². The van der Waals surface area contributed by atoms with Gasteiger partial charge in [0.1, 0.15) is 0 Å². The molecule has 0 aliphatic carbocycles. The Morgan fingerprint density at radius 3 is 1.58 bits per heavy atom. The largest absolute Gasteiger partial charge is 0.326 e. The van der Waals surface area contributed by atoms with E-state index in [4.69, 9.17) is 5.14 Å². The van der Waals surface area contributed by atoms with Gasteiger partial charge in [-0.25, -0.2) is 36.7 Å². The van der Waals surface area contributed by atoms with E-state index in [2.05, 4.69) is 25.3 Å². The van der Waals surface area contributed by atoms with Gasteiger partial charge in [-0.15, -0.1) is 0 Å². The van der Waals surface area contributed by atoms with Crippen LogP contribution in [-0.2, 0) is 29.6 Å². The van der Waals surface area contributed by atoms with Gasteiger partial charge in [0, 0.05) is 35.6 Å². The third kappa shape index (κ3) is 7.56. The second-order valence-electron chi connectivity index (χ2n) is 7.77. The summed E-state index contributed by atoms with van der Waals surface area (Å²) < 4.78 is 50.0. The van der Waals surface area contributed by atoms with Gasteiger partial charge in [-0.1, -0.05) is 0 Å².